The molecule has 1 fully saturated rings. The number of aliphatic hydroxyl groups is 4. The number of carbonyl (C=O) groups is 1. The fourth-order valence-electron chi connectivity index (χ4n) is 2.92. The van der Waals surface area contributed by atoms with Crippen molar-refractivity contribution in [2.45, 2.75) is 43.5 Å². The summed E-state index contributed by atoms with van der Waals surface area (Å²) in [6.45, 7) is -0.652. The van der Waals surface area contributed by atoms with Gasteiger partial charge in [-0.1, -0.05) is 0 Å². The standard InChI is InChI=1S/C16H19NO7Se/c18-7-11-14(21)15(22)13(20)10(24-11)5-8(19)6-17-16(23)9-3-1-2-4-12(9)25-17/h1-4,10-11,13-15,18,20-22H,5-7H2/t10-,11?,13?,14-,15+/m0/s1. The molecular formula is C16H19NO7Se. The second-order valence-corrected chi connectivity index (χ2v) is 8.27. The number of aliphatic hydroxyl groups excluding tert-OH is 4. The Kier molecular flexibility index (Phi) is 5.55. The minimum atomic E-state index is -1.51. The third kappa shape index (κ3) is 3.63. The Labute approximate surface area is 148 Å². The number of ketones is 1. The maximum absolute atomic E-state index is 12.3. The van der Waals surface area contributed by atoms with Gasteiger partial charge in [-0.15, -0.1) is 0 Å². The number of carbonyl (C=O) groups excluding carboxylic acids is 1. The summed E-state index contributed by atoms with van der Waals surface area (Å²) in [6.07, 6.45) is -6.72. The number of hydrogen-bond acceptors (Lipinski definition) is 7. The van der Waals surface area contributed by atoms with E-state index in [1.54, 1.807) is 12.1 Å². The SMILES string of the molecule is O=C(C[C@@H]1OC(CO)[C@H](O)[C@H](O)C1O)Cn1[se]c2ccccc2c1=O. The van der Waals surface area contributed by atoms with Gasteiger partial charge in [0.15, 0.2) is 0 Å². The van der Waals surface area contributed by atoms with Gasteiger partial charge in [-0.25, -0.2) is 0 Å². The Hall–Kier alpha value is -1.32. The Morgan fingerprint density at radius 1 is 1.12 bits per heavy atom. The summed E-state index contributed by atoms with van der Waals surface area (Å²) in [4.78, 5) is 24.6. The molecule has 0 saturated carbocycles. The third-order valence-corrected chi connectivity index (χ3v) is 6.53. The van der Waals surface area contributed by atoms with Crippen molar-refractivity contribution in [3.63, 3.8) is 0 Å². The second kappa shape index (κ2) is 7.51. The molecule has 25 heavy (non-hydrogen) atoms. The molecule has 0 amide bonds. The number of ether oxygens (including phenoxy) is 1. The Morgan fingerprint density at radius 3 is 2.48 bits per heavy atom. The van der Waals surface area contributed by atoms with E-state index in [1.807, 2.05) is 12.1 Å². The van der Waals surface area contributed by atoms with E-state index in [1.165, 1.54) is 3.56 Å². The van der Waals surface area contributed by atoms with Crippen LogP contribution in [0.25, 0.3) is 9.65 Å². The maximum atomic E-state index is 12.3. The van der Waals surface area contributed by atoms with Gasteiger partial charge < -0.3 is 0 Å². The first-order valence-corrected chi connectivity index (χ1v) is 9.45. The molecule has 4 N–H and O–H groups in total. The van der Waals surface area contributed by atoms with Gasteiger partial charge in [0.25, 0.3) is 0 Å². The Balaban J connectivity index is 1.71. The number of aromatic nitrogens is 1. The van der Waals surface area contributed by atoms with Gasteiger partial charge in [0.05, 0.1) is 0 Å². The molecule has 5 atom stereocenters. The molecule has 0 radical (unpaired) electrons. The van der Waals surface area contributed by atoms with Crippen LogP contribution in [0.15, 0.2) is 29.1 Å². The fraction of sp³-hybridized carbons (Fsp3) is 0.500. The molecule has 0 aliphatic carbocycles. The molecule has 136 valence electrons. The summed E-state index contributed by atoms with van der Waals surface area (Å²) >= 11 is -0.279. The quantitative estimate of drug-likeness (QED) is 0.410. The molecule has 2 unspecified atom stereocenters. The van der Waals surface area contributed by atoms with Crippen LogP contribution < -0.4 is 5.56 Å². The molecule has 1 aliphatic rings. The number of benzene rings is 1. The summed E-state index contributed by atoms with van der Waals surface area (Å²) in [6, 6.07) is 7.19. The van der Waals surface area contributed by atoms with Crippen LogP contribution in [0.5, 0.6) is 0 Å². The molecule has 9 heteroatoms. The molecule has 1 aromatic carbocycles. The van der Waals surface area contributed by atoms with Gasteiger partial charge in [0, 0.05) is 0 Å². The first kappa shape index (κ1) is 18.5. The molecular weight excluding hydrogens is 397 g/mol. The molecule has 1 aliphatic heterocycles. The van der Waals surface area contributed by atoms with Crippen LogP contribution in [0, 0.1) is 0 Å². The van der Waals surface area contributed by atoms with Crippen LogP contribution in [0.1, 0.15) is 6.42 Å². The predicted molar refractivity (Wildman–Crippen MR) is 88.5 cm³/mol. The number of fused-ring (bicyclic) bond motifs is 1. The monoisotopic (exact) mass is 417 g/mol. The number of rotatable bonds is 5. The molecule has 2 heterocycles. The van der Waals surface area contributed by atoms with Crippen molar-refractivity contribution >= 4 is 30.2 Å². The van der Waals surface area contributed by atoms with E-state index in [4.69, 9.17) is 9.84 Å². The van der Waals surface area contributed by atoms with Crippen molar-refractivity contribution in [1.29, 1.82) is 0 Å². The zero-order valence-corrected chi connectivity index (χ0v) is 14.9. The van der Waals surface area contributed by atoms with E-state index < -0.39 is 37.1 Å². The first-order valence-electron chi connectivity index (χ1n) is 7.83. The topological polar surface area (TPSA) is 129 Å². The summed E-state index contributed by atoms with van der Waals surface area (Å²) in [5, 5.41) is 39.3. The average Bonchev–Trinajstić information content (AvgIpc) is 2.91. The van der Waals surface area contributed by atoms with Crippen molar-refractivity contribution in [1.82, 2.24) is 3.56 Å². The van der Waals surface area contributed by atoms with Gasteiger partial charge >= 0.3 is 148 Å². The zero-order chi connectivity index (χ0) is 18.1. The van der Waals surface area contributed by atoms with E-state index in [0.717, 1.165) is 4.26 Å². The summed E-state index contributed by atoms with van der Waals surface area (Å²) in [5.41, 5.74) is -0.197. The molecule has 2 aromatic rings. The fourth-order valence-corrected chi connectivity index (χ4v) is 5.06. The number of Topliss-reactive ketones (excluding diaryl/α,β-unsaturated/α-hetero) is 1. The van der Waals surface area contributed by atoms with Crippen molar-refractivity contribution in [2.75, 3.05) is 6.61 Å². The van der Waals surface area contributed by atoms with Gasteiger partial charge in [0.2, 0.25) is 0 Å². The van der Waals surface area contributed by atoms with Crippen LogP contribution in [-0.4, -0.2) is 81.6 Å². The van der Waals surface area contributed by atoms with Gasteiger partial charge in [0.1, 0.15) is 0 Å². The van der Waals surface area contributed by atoms with Crippen molar-refractivity contribution in [3.05, 3.63) is 34.6 Å². The van der Waals surface area contributed by atoms with E-state index in [2.05, 4.69) is 0 Å². The second-order valence-electron chi connectivity index (χ2n) is 6.04. The molecule has 3 rings (SSSR count). The zero-order valence-electron chi connectivity index (χ0n) is 13.2. The Bertz CT molecular complexity index is 814. The van der Waals surface area contributed by atoms with Crippen LogP contribution >= 0.6 is 0 Å². The van der Waals surface area contributed by atoms with E-state index in [9.17, 15) is 24.9 Å². The summed E-state index contributed by atoms with van der Waals surface area (Å²) in [5.74, 6) is -0.327. The van der Waals surface area contributed by atoms with Crippen LogP contribution in [0.2, 0.25) is 0 Å². The minimum absolute atomic E-state index is 0.109. The van der Waals surface area contributed by atoms with Crippen LogP contribution in [-0.2, 0) is 16.1 Å². The molecule has 0 bridgehead atoms. The number of hydrogen-bond donors (Lipinski definition) is 4. The van der Waals surface area contributed by atoms with Crippen LogP contribution in [0.4, 0.5) is 0 Å². The van der Waals surface area contributed by atoms with Gasteiger partial charge in [-0.3, -0.25) is 0 Å². The van der Waals surface area contributed by atoms with E-state index >= 15 is 0 Å². The van der Waals surface area contributed by atoms with Crippen molar-refractivity contribution in [2.24, 2.45) is 0 Å². The van der Waals surface area contributed by atoms with Crippen molar-refractivity contribution < 1.29 is 30.0 Å². The van der Waals surface area contributed by atoms with Gasteiger partial charge in [-0.05, 0) is 0 Å². The molecule has 1 saturated heterocycles. The first-order chi connectivity index (χ1) is 11.9. The van der Waals surface area contributed by atoms with E-state index in [0.29, 0.717) is 5.39 Å². The van der Waals surface area contributed by atoms with Crippen molar-refractivity contribution in [3.8, 4) is 0 Å². The molecule has 8 nitrogen and oxygen atoms in total. The summed E-state index contributed by atoms with van der Waals surface area (Å²) < 4.78 is 7.72. The molecule has 0 spiro atoms. The predicted octanol–water partition coefficient (Wildman–Crippen LogP) is -2.14. The van der Waals surface area contributed by atoms with Crippen LogP contribution in [0.3, 0.4) is 0 Å². The Morgan fingerprint density at radius 2 is 1.80 bits per heavy atom. The average molecular weight is 416 g/mol. The number of nitrogens with zero attached hydrogens (tertiary/aromatic N) is 1. The summed E-state index contributed by atoms with van der Waals surface area (Å²) in [7, 11) is 0. The van der Waals surface area contributed by atoms with E-state index in [-0.39, 0.29) is 39.0 Å². The molecule has 1 aromatic heterocycles. The van der Waals surface area contributed by atoms with Gasteiger partial charge in [-0.2, -0.15) is 0 Å². The normalized spacial score (nSPS) is 29.8. The third-order valence-electron chi connectivity index (χ3n) is 4.29.